The monoisotopic (exact) mass is 356 g/mol. The van der Waals surface area contributed by atoms with Crippen LogP contribution in [-0.4, -0.2) is 45.8 Å². The van der Waals surface area contributed by atoms with Crippen molar-refractivity contribution in [3.8, 4) is 0 Å². The molecule has 1 amide bonds. The molecule has 1 N–H and O–H groups in total. The predicted molar refractivity (Wildman–Crippen MR) is 97.1 cm³/mol. The van der Waals surface area contributed by atoms with E-state index in [0.29, 0.717) is 6.54 Å². The quantitative estimate of drug-likeness (QED) is 0.920. The van der Waals surface area contributed by atoms with Gasteiger partial charge in [0.2, 0.25) is 5.91 Å². The highest BCUT2D eigenvalue weighted by atomic mass is 19.1. The van der Waals surface area contributed by atoms with Gasteiger partial charge in [0.1, 0.15) is 12.4 Å². The number of nitrogens with one attached hydrogen (secondary N) is 1. The summed E-state index contributed by atoms with van der Waals surface area (Å²) >= 11 is 0. The first-order chi connectivity index (χ1) is 12.7. The Morgan fingerprint density at radius 2 is 2.19 bits per heavy atom. The van der Waals surface area contributed by atoms with Crippen LogP contribution in [0, 0.1) is 5.82 Å². The summed E-state index contributed by atoms with van der Waals surface area (Å²) in [6.45, 7) is 1.84. The molecule has 4 rings (SSSR count). The fourth-order valence-corrected chi connectivity index (χ4v) is 4.42. The maximum Gasteiger partial charge on any atom is 0.244 e. The highest BCUT2D eigenvalue weighted by Crippen LogP contribution is 2.36. The molecule has 2 aliphatic heterocycles. The van der Waals surface area contributed by atoms with E-state index in [2.05, 4.69) is 10.4 Å². The molecular formula is C20H25FN4O. The lowest BCUT2D eigenvalue weighted by molar-refractivity contribution is -0.133. The van der Waals surface area contributed by atoms with E-state index in [1.165, 1.54) is 12.5 Å². The van der Waals surface area contributed by atoms with Gasteiger partial charge in [0, 0.05) is 36.9 Å². The smallest absolute Gasteiger partial charge is 0.244 e. The van der Waals surface area contributed by atoms with Crippen molar-refractivity contribution in [3.05, 3.63) is 54.1 Å². The van der Waals surface area contributed by atoms with Gasteiger partial charge in [-0.15, -0.1) is 0 Å². The average molecular weight is 356 g/mol. The van der Waals surface area contributed by atoms with Crippen LogP contribution in [0.15, 0.2) is 42.7 Å². The SMILES string of the molecule is O=C(Cn1cccn1)N1C[C@@H](c2cccc(F)c2)[C@@H]2NCCCCC[C@H]21. The van der Waals surface area contributed by atoms with E-state index in [9.17, 15) is 9.18 Å². The lowest BCUT2D eigenvalue weighted by Crippen LogP contribution is -2.47. The highest BCUT2D eigenvalue weighted by Gasteiger charge is 2.44. The minimum Gasteiger partial charge on any atom is -0.336 e. The normalized spacial score (nSPS) is 26.2. The summed E-state index contributed by atoms with van der Waals surface area (Å²) in [6.07, 6.45) is 7.96. The summed E-state index contributed by atoms with van der Waals surface area (Å²) in [5.74, 6) is -0.00782. The first-order valence-corrected chi connectivity index (χ1v) is 9.48. The zero-order chi connectivity index (χ0) is 17.9. The van der Waals surface area contributed by atoms with Crippen LogP contribution < -0.4 is 5.32 Å². The van der Waals surface area contributed by atoms with Crippen molar-refractivity contribution in [2.75, 3.05) is 13.1 Å². The van der Waals surface area contributed by atoms with Gasteiger partial charge in [-0.2, -0.15) is 5.10 Å². The fraction of sp³-hybridized carbons (Fsp3) is 0.500. The van der Waals surface area contributed by atoms with Crippen molar-refractivity contribution >= 4 is 5.91 Å². The van der Waals surface area contributed by atoms with E-state index in [4.69, 9.17) is 0 Å². The van der Waals surface area contributed by atoms with Crippen LogP contribution in [0.3, 0.4) is 0 Å². The van der Waals surface area contributed by atoms with Crippen LogP contribution in [0.5, 0.6) is 0 Å². The summed E-state index contributed by atoms with van der Waals surface area (Å²) in [6, 6.07) is 8.99. The molecule has 2 aliphatic rings. The number of rotatable bonds is 3. The Morgan fingerprint density at radius 3 is 3.00 bits per heavy atom. The summed E-state index contributed by atoms with van der Waals surface area (Å²) in [4.78, 5) is 15.0. The molecule has 2 fully saturated rings. The van der Waals surface area contributed by atoms with Gasteiger partial charge in [0.25, 0.3) is 0 Å². The number of carbonyl (C=O) groups is 1. The van der Waals surface area contributed by atoms with Crippen molar-refractivity contribution < 1.29 is 9.18 Å². The molecule has 0 spiro atoms. The lowest BCUT2D eigenvalue weighted by atomic mass is 9.88. The van der Waals surface area contributed by atoms with E-state index in [1.807, 2.05) is 23.2 Å². The highest BCUT2D eigenvalue weighted by molar-refractivity contribution is 5.77. The molecule has 3 heterocycles. The van der Waals surface area contributed by atoms with Crippen LogP contribution in [0.4, 0.5) is 4.39 Å². The summed E-state index contributed by atoms with van der Waals surface area (Å²) < 4.78 is 15.5. The first-order valence-electron chi connectivity index (χ1n) is 9.48. The summed E-state index contributed by atoms with van der Waals surface area (Å²) in [7, 11) is 0. The molecule has 0 aliphatic carbocycles. The zero-order valence-corrected chi connectivity index (χ0v) is 14.9. The van der Waals surface area contributed by atoms with Gasteiger partial charge in [0.05, 0.1) is 0 Å². The third-order valence-corrected chi connectivity index (χ3v) is 5.65. The minimum atomic E-state index is -0.216. The lowest BCUT2D eigenvalue weighted by Gasteiger charge is -2.31. The van der Waals surface area contributed by atoms with Gasteiger partial charge in [-0.1, -0.05) is 25.0 Å². The van der Waals surface area contributed by atoms with Crippen LogP contribution in [0.2, 0.25) is 0 Å². The summed E-state index contributed by atoms with van der Waals surface area (Å²) in [5.41, 5.74) is 0.975. The Bertz CT molecular complexity index is 748. The number of amides is 1. The second-order valence-corrected chi connectivity index (χ2v) is 7.31. The number of fused-ring (bicyclic) bond motifs is 1. The van der Waals surface area contributed by atoms with Crippen LogP contribution in [0.25, 0.3) is 0 Å². The molecule has 26 heavy (non-hydrogen) atoms. The van der Waals surface area contributed by atoms with Crippen molar-refractivity contribution in [1.29, 1.82) is 0 Å². The van der Waals surface area contributed by atoms with Gasteiger partial charge >= 0.3 is 0 Å². The minimum absolute atomic E-state index is 0.0879. The van der Waals surface area contributed by atoms with Crippen molar-refractivity contribution in [2.24, 2.45) is 0 Å². The molecule has 138 valence electrons. The number of hydrogen-bond acceptors (Lipinski definition) is 3. The standard InChI is InChI=1S/C20H25FN4O/c21-16-7-4-6-15(12-16)17-13-25(19(26)14-24-11-5-10-23-24)18-8-2-1-3-9-22-20(17)18/h4-7,10-12,17-18,20,22H,1-3,8-9,13-14H2/t17-,18+,20-/m0/s1. The molecule has 5 nitrogen and oxygen atoms in total. The first kappa shape index (κ1) is 17.2. The molecular weight excluding hydrogens is 331 g/mol. The number of nitrogens with zero attached hydrogens (tertiary/aromatic N) is 3. The Balaban J connectivity index is 1.60. The molecule has 0 bridgehead atoms. The van der Waals surface area contributed by atoms with E-state index < -0.39 is 0 Å². The second-order valence-electron chi connectivity index (χ2n) is 7.31. The number of carbonyl (C=O) groups excluding carboxylic acids is 1. The Labute approximate surface area is 153 Å². The van der Waals surface area contributed by atoms with Crippen LogP contribution >= 0.6 is 0 Å². The van der Waals surface area contributed by atoms with Crippen LogP contribution in [0.1, 0.15) is 37.2 Å². The van der Waals surface area contributed by atoms with Gasteiger partial charge in [0.15, 0.2) is 0 Å². The van der Waals surface area contributed by atoms with Gasteiger partial charge < -0.3 is 10.2 Å². The Morgan fingerprint density at radius 1 is 1.27 bits per heavy atom. The molecule has 2 saturated heterocycles. The largest absolute Gasteiger partial charge is 0.336 e. The molecule has 6 heteroatoms. The second kappa shape index (κ2) is 7.58. The van der Waals surface area contributed by atoms with Crippen molar-refractivity contribution in [1.82, 2.24) is 20.0 Å². The van der Waals surface area contributed by atoms with Gasteiger partial charge in [-0.05, 0) is 43.1 Å². The van der Waals surface area contributed by atoms with E-state index in [1.54, 1.807) is 23.0 Å². The third-order valence-electron chi connectivity index (χ3n) is 5.65. The predicted octanol–water partition coefficient (Wildman–Crippen LogP) is 2.55. The number of halogens is 1. The molecule has 0 radical (unpaired) electrons. The maximum absolute atomic E-state index is 13.8. The number of likely N-dealkylation sites (tertiary alicyclic amines) is 1. The summed E-state index contributed by atoms with van der Waals surface area (Å²) in [5, 5.41) is 7.81. The number of benzene rings is 1. The average Bonchev–Trinajstić information content (AvgIpc) is 3.22. The van der Waals surface area contributed by atoms with E-state index in [-0.39, 0.29) is 36.3 Å². The topological polar surface area (TPSA) is 50.2 Å². The Hall–Kier alpha value is -2.21. The molecule has 1 aromatic carbocycles. The fourth-order valence-electron chi connectivity index (χ4n) is 4.42. The van der Waals surface area contributed by atoms with E-state index in [0.717, 1.165) is 31.4 Å². The van der Waals surface area contributed by atoms with Crippen molar-refractivity contribution in [3.63, 3.8) is 0 Å². The third kappa shape index (κ3) is 3.51. The maximum atomic E-state index is 13.8. The molecule has 0 saturated carbocycles. The zero-order valence-electron chi connectivity index (χ0n) is 14.9. The number of hydrogen-bond donors (Lipinski definition) is 1. The van der Waals surface area contributed by atoms with Crippen LogP contribution in [-0.2, 0) is 11.3 Å². The Kier molecular flexibility index (Phi) is 5.02. The molecule has 2 aromatic rings. The molecule has 3 atom stereocenters. The molecule has 0 unspecified atom stereocenters. The van der Waals surface area contributed by atoms with E-state index >= 15 is 0 Å². The number of aromatic nitrogens is 2. The van der Waals surface area contributed by atoms with Gasteiger partial charge in [-0.3, -0.25) is 9.48 Å². The molecule has 1 aromatic heterocycles. The van der Waals surface area contributed by atoms with Gasteiger partial charge in [-0.25, -0.2) is 4.39 Å². The van der Waals surface area contributed by atoms with Crippen molar-refractivity contribution in [2.45, 2.75) is 50.2 Å².